The number of hydrogen-bond donors (Lipinski definition) is 1. The van der Waals surface area contributed by atoms with Crippen LogP contribution in [0.15, 0.2) is 29.4 Å². The van der Waals surface area contributed by atoms with Gasteiger partial charge in [-0.2, -0.15) is 0 Å². The maximum atomic E-state index is 13.0. The summed E-state index contributed by atoms with van der Waals surface area (Å²) in [6.45, 7) is 6.15. The molecule has 0 spiro atoms. The van der Waals surface area contributed by atoms with E-state index >= 15 is 0 Å². The Hall–Kier alpha value is -2.02. The van der Waals surface area contributed by atoms with Gasteiger partial charge in [-0.1, -0.05) is 44.9 Å². The first-order valence-corrected chi connectivity index (χ1v) is 10.9. The van der Waals surface area contributed by atoms with Gasteiger partial charge in [-0.25, -0.2) is 0 Å². The van der Waals surface area contributed by atoms with Crippen molar-refractivity contribution >= 4 is 23.4 Å². The lowest BCUT2D eigenvalue weighted by molar-refractivity contribution is -0.116. The van der Waals surface area contributed by atoms with Crippen LogP contribution in [0.5, 0.6) is 5.75 Å². The summed E-state index contributed by atoms with van der Waals surface area (Å²) in [5, 5.41) is 12.4. The van der Waals surface area contributed by atoms with Crippen LogP contribution in [-0.2, 0) is 4.79 Å². The van der Waals surface area contributed by atoms with E-state index in [9.17, 15) is 4.79 Å². The van der Waals surface area contributed by atoms with E-state index in [2.05, 4.69) is 33.9 Å². The van der Waals surface area contributed by atoms with Gasteiger partial charge in [-0.05, 0) is 49.9 Å². The summed E-state index contributed by atoms with van der Waals surface area (Å²) >= 11 is 1.53. The number of thioether (sulfide) groups is 1. The van der Waals surface area contributed by atoms with Crippen LogP contribution in [0, 0.1) is 12.8 Å². The predicted molar refractivity (Wildman–Crippen MR) is 113 cm³/mol. The van der Waals surface area contributed by atoms with Crippen molar-refractivity contribution in [1.29, 1.82) is 0 Å². The van der Waals surface area contributed by atoms with Gasteiger partial charge in [0.05, 0.1) is 12.4 Å². The van der Waals surface area contributed by atoms with Crippen LogP contribution < -0.4 is 10.1 Å². The van der Waals surface area contributed by atoms with Gasteiger partial charge in [0.2, 0.25) is 5.91 Å². The van der Waals surface area contributed by atoms with E-state index in [0.29, 0.717) is 6.04 Å². The number of rotatable bonds is 7. The number of hydrogen-bond acceptors (Lipinski definition) is 5. The summed E-state index contributed by atoms with van der Waals surface area (Å²) in [4.78, 5) is 13.0. The number of nitrogens with one attached hydrogen (secondary N) is 1. The van der Waals surface area contributed by atoms with Gasteiger partial charge in [0.15, 0.2) is 5.16 Å². The first kappa shape index (κ1) is 20.7. The second-order valence-corrected chi connectivity index (χ2v) is 8.80. The number of methoxy groups -OCH3 is 1. The number of carbonyl (C=O) groups excluding carboxylic acids is 1. The summed E-state index contributed by atoms with van der Waals surface area (Å²) in [5.41, 5.74) is 0.766. The molecule has 0 bridgehead atoms. The Morgan fingerprint density at radius 3 is 2.46 bits per heavy atom. The number of ether oxygens (including phenoxy) is 1. The molecular weight excluding hydrogens is 372 g/mol. The highest BCUT2D eigenvalue weighted by atomic mass is 32.2. The second kappa shape index (κ2) is 9.45. The molecule has 1 aliphatic rings. The van der Waals surface area contributed by atoms with Gasteiger partial charge in [0.25, 0.3) is 0 Å². The van der Waals surface area contributed by atoms with Crippen molar-refractivity contribution in [1.82, 2.24) is 14.8 Å². The van der Waals surface area contributed by atoms with Crippen molar-refractivity contribution in [2.75, 3.05) is 12.4 Å². The normalized spacial score (nSPS) is 16.2. The topological polar surface area (TPSA) is 69.0 Å². The van der Waals surface area contributed by atoms with E-state index in [4.69, 9.17) is 4.74 Å². The number of amides is 1. The third-order valence-corrected chi connectivity index (χ3v) is 6.73. The van der Waals surface area contributed by atoms with Crippen molar-refractivity contribution in [3.05, 3.63) is 30.1 Å². The molecular formula is C21H30N4O2S. The van der Waals surface area contributed by atoms with E-state index in [1.807, 2.05) is 31.2 Å². The fourth-order valence-corrected chi connectivity index (χ4v) is 4.83. The smallest absolute Gasteiger partial charge is 0.238 e. The largest absolute Gasteiger partial charge is 0.497 e. The fraction of sp³-hybridized carbons (Fsp3) is 0.571. The molecule has 1 aromatic carbocycles. The minimum Gasteiger partial charge on any atom is -0.497 e. The van der Waals surface area contributed by atoms with E-state index < -0.39 is 0 Å². The van der Waals surface area contributed by atoms with Gasteiger partial charge in [-0.3, -0.25) is 4.79 Å². The van der Waals surface area contributed by atoms with E-state index in [1.54, 1.807) is 7.11 Å². The quantitative estimate of drug-likeness (QED) is 0.670. The average Bonchev–Trinajstić information content (AvgIpc) is 3.07. The zero-order chi connectivity index (χ0) is 20.1. The standard InChI is InChI=1S/C21H30N4O2S/c1-14(2)19(20(26)22-16-10-12-18(27-4)13-11-16)28-21-24-23-15(3)25(21)17-8-6-5-7-9-17/h10-14,17,19H,5-9H2,1-4H3,(H,22,26). The Morgan fingerprint density at radius 1 is 1.18 bits per heavy atom. The van der Waals surface area contributed by atoms with Gasteiger partial charge in [0.1, 0.15) is 11.6 Å². The van der Waals surface area contributed by atoms with Crippen LogP contribution in [0.4, 0.5) is 5.69 Å². The zero-order valence-electron chi connectivity index (χ0n) is 17.1. The zero-order valence-corrected chi connectivity index (χ0v) is 18.0. The Bertz CT molecular complexity index is 782. The molecule has 1 aromatic heterocycles. The molecule has 3 rings (SSSR count). The van der Waals surface area contributed by atoms with Crippen LogP contribution in [-0.4, -0.2) is 33.0 Å². The number of nitrogens with zero attached hydrogens (tertiary/aromatic N) is 3. The molecule has 2 aromatic rings. The van der Waals surface area contributed by atoms with Gasteiger partial charge in [0, 0.05) is 11.7 Å². The minimum atomic E-state index is -0.243. The van der Waals surface area contributed by atoms with Crippen LogP contribution in [0.3, 0.4) is 0 Å². The van der Waals surface area contributed by atoms with Crippen molar-refractivity contribution in [3.8, 4) is 5.75 Å². The Morgan fingerprint density at radius 2 is 1.86 bits per heavy atom. The maximum absolute atomic E-state index is 13.0. The van der Waals surface area contributed by atoms with Crippen molar-refractivity contribution in [2.24, 2.45) is 5.92 Å². The van der Waals surface area contributed by atoms with Crippen molar-refractivity contribution in [2.45, 2.75) is 69.3 Å². The SMILES string of the molecule is COc1ccc(NC(=O)C(Sc2nnc(C)n2C2CCCCC2)C(C)C)cc1. The number of anilines is 1. The highest BCUT2D eigenvalue weighted by Crippen LogP contribution is 2.35. The molecule has 0 aliphatic heterocycles. The lowest BCUT2D eigenvalue weighted by Crippen LogP contribution is -2.30. The van der Waals surface area contributed by atoms with E-state index in [1.165, 1.54) is 31.0 Å². The summed E-state index contributed by atoms with van der Waals surface area (Å²) in [5.74, 6) is 1.86. The Labute approximate surface area is 171 Å². The Balaban J connectivity index is 1.74. The van der Waals surface area contributed by atoms with Crippen molar-refractivity contribution < 1.29 is 9.53 Å². The number of aromatic nitrogens is 3. The summed E-state index contributed by atoms with van der Waals surface area (Å²) in [6, 6.07) is 7.84. The molecule has 1 amide bonds. The number of aryl methyl sites for hydroxylation is 1. The van der Waals surface area contributed by atoms with Gasteiger partial charge in [-0.15, -0.1) is 10.2 Å². The molecule has 1 N–H and O–H groups in total. The van der Waals surface area contributed by atoms with Gasteiger partial charge >= 0.3 is 0 Å². The van der Waals surface area contributed by atoms with Crippen LogP contribution in [0.1, 0.15) is 57.8 Å². The molecule has 6 nitrogen and oxygen atoms in total. The maximum Gasteiger partial charge on any atom is 0.238 e. The summed E-state index contributed by atoms with van der Waals surface area (Å²) in [6.07, 6.45) is 6.13. The minimum absolute atomic E-state index is 0.0129. The highest BCUT2D eigenvalue weighted by Gasteiger charge is 2.28. The monoisotopic (exact) mass is 402 g/mol. The predicted octanol–water partition coefficient (Wildman–Crippen LogP) is 4.86. The Kier molecular flexibility index (Phi) is 6.99. The second-order valence-electron chi connectivity index (χ2n) is 7.69. The summed E-state index contributed by atoms with van der Waals surface area (Å²) in [7, 11) is 1.63. The highest BCUT2D eigenvalue weighted by molar-refractivity contribution is 8.00. The molecule has 1 atom stereocenters. The molecule has 1 aliphatic carbocycles. The molecule has 1 unspecified atom stereocenters. The molecule has 28 heavy (non-hydrogen) atoms. The first-order valence-electron chi connectivity index (χ1n) is 10.0. The molecule has 1 fully saturated rings. The third-order valence-electron chi connectivity index (χ3n) is 5.23. The lowest BCUT2D eigenvalue weighted by atomic mass is 9.95. The molecule has 1 saturated carbocycles. The molecule has 1 heterocycles. The lowest BCUT2D eigenvalue weighted by Gasteiger charge is -2.26. The third kappa shape index (κ3) is 4.87. The fourth-order valence-electron chi connectivity index (χ4n) is 3.68. The number of benzene rings is 1. The van der Waals surface area contributed by atoms with Crippen LogP contribution in [0.25, 0.3) is 0 Å². The first-order chi connectivity index (χ1) is 13.5. The molecule has 7 heteroatoms. The summed E-state index contributed by atoms with van der Waals surface area (Å²) < 4.78 is 7.43. The molecule has 0 radical (unpaired) electrons. The van der Waals surface area contributed by atoms with Gasteiger partial charge < -0.3 is 14.6 Å². The van der Waals surface area contributed by atoms with Crippen LogP contribution >= 0.6 is 11.8 Å². The molecule has 0 saturated heterocycles. The van der Waals surface area contributed by atoms with Crippen LogP contribution in [0.2, 0.25) is 0 Å². The molecule has 152 valence electrons. The number of carbonyl (C=O) groups is 1. The van der Waals surface area contributed by atoms with E-state index in [0.717, 1.165) is 35.3 Å². The average molecular weight is 403 g/mol. The van der Waals surface area contributed by atoms with Crippen molar-refractivity contribution in [3.63, 3.8) is 0 Å². The van der Waals surface area contributed by atoms with E-state index in [-0.39, 0.29) is 17.1 Å².